The number of carbonyl (C=O) groups excluding carboxylic acids is 1. The van der Waals surface area contributed by atoms with Crippen molar-refractivity contribution in [2.45, 2.75) is 38.6 Å². The number of amides is 1. The van der Waals surface area contributed by atoms with E-state index in [1.54, 1.807) is 12.1 Å². The number of likely N-dealkylation sites (N-methyl/N-ethyl adjacent to an activating group) is 1. The van der Waals surface area contributed by atoms with Crippen molar-refractivity contribution in [3.63, 3.8) is 0 Å². The first-order valence-electron chi connectivity index (χ1n) is 6.89. The average Bonchev–Trinajstić information content (AvgIpc) is 2.92. The van der Waals surface area contributed by atoms with Crippen LogP contribution in [0.5, 0.6) is 5.75 Å². The fourth-order valence-electron chi connectivity index (χ4n) is 2.64. The Kier molecular flexibility index (Phi) is 5.08. The Hall–Kier alpha value is -1.22. The van der Waals surface area contributed by atoms with Crippen molar-refractivity contribution in [1.82, 2.24) is 4.90 Å². The van der Waals surface area contributed by atoms with Crippen LogP contribution in [-0.2, 0) is 4.79 Å². The summed E-state index contributed by atoms with van der Waals surface area (Å²) in [6.07, 6.45) is 4.68. The first kappa shape index (κ1) is 14.2. The molecular formula is C15H20ClNO2. The minimum Gasteiger partial charge on any atom is -0.482 e. The second-order valence-electron chi connectivity index (χ2n) is 4.84. The Balaban J connectivity index is 1.91. The summed E-state index contributed by atoms with van der Waals surface area (Å²) in [6, 6.07) is 7.62. The van der Waals surface area contributed by atoms with Gasteiger partial charge in [-0.25, -0.2) is 0 Å². The summed E-state index contributed by atoms with van der Waals surface area (Å²) in [4.78, 5) is 14.1. The Morgan fingerprint density at radius 2 is 2.05 bits per heavy atom. The van der Waals surface area contributed by atoms with Crippen LogP contribution in [0.2, 0.25) is 5.02 Å². The van der Waals surface area contributed by atoms with Gasteiger partial charge in [-0.15, -0.1) is 0 Å². The highest BCUT2D eigenvalue weighted by molar-refractivity contribution is 6.32. The molecule has 0 heterocycles. The number of ether oxygens (including phenoxy) is 1. The maximum absolute atomic E-state index is 12.2. The molecule has 1 aliphatic rings. The molecule has 1 amide bonds. The third-order valence-corrected chi connectivity index (χ3v) is 3.93. The molecule has 0 radical (unpaired) electrons. The molecule has 1 aliphatic carbocycles. The third-order valence-electron chi connectivity index (χ3n) is 3.61. The zero-order chi connectivity index (χ0) is 13.7. The highest BCUT2D eigenvalue weighted by Crippen LogP contribution is 2.25. The van der Waals surface area contributed by atoms with Crippen molar-refractivity contribution < 1.29 is 9.53 Å². The summed E-state index contributed by atoms with van der Waals surface area (Å²) in [5.74, 6) is 0.620. The molecule has 0 saturated heterocycles. The molecule has 0 spiro atoms. The number of para-hydroxylation sites is 1. The Morgan fingerprint density at radius 1 is 1.37 bits per heavy atom. The van der Waals surface area contributed by atoms with Crippen molar-refractivity contribution >= 4 is 17.5 Å². The molecule has 0 aliphatic heterocycles. The number of halogens is 1. The van der Waals surface area contributed by atoms with E-state index in [0.717, 1.165) is 19.4 Å². The van der Waals surface area contributed by atoms with E-state index in [2.05, 4.69) is 0 Å². The highest BCUT2D eigenvalue weighted by Gasteiger charge is 2.25. The Bertz CT molecular complexity index is 430. The van der Waals surface area contributed by atoms with E-state index in [1.807, 2.05) is 24.0 Å². The Morgan fingerprint density at radius 3 is 2.68 bits per heavy atom. The lowest BCUT2D eigenvalue weighted by Gasteiger charge is -2.27. The van der Waals surface area contributed by atoms with Crippen molar-refractivity contribution in [3.8, 4) is 5.75 Å². The van der Waals surface area contributed by atoms with E-state index >= 15 is 0 Å². The van der Waals surface area contributed by atoms with Crippen molar-refractivity contribution in [2.75, 3.05) is 13.2 Å². The van der Waals surface area contributed by atoms with Crippen LogP contribution >= 0.6 is 11.6 Å². The van der Waals surface area contributed by atoms with Crippen LogP contribution in [0.4, 0.5) is 0 Å². The number of carbonyl (C=O) groups is 1. The second kappa shape index (κ2) is 6.80. The molecule has 0 aromatic heterocycles. The van der Waals surface area contributed by atoms with Gasteiger partial charge in [0.05, 0.1) is 5.02 Å². The van der Waals surface area contributed by atoms with Crippen LogP contribution in [0.1, 0.15) is 32.6 Å². The lowest BCUT2D eigenvalue weighted by Crippen LogP contribution is -2.41. The predicted octanol–water partition coefficient (Wildman–Crippen LogP) is 3.51. The summed E-state index contributed by atoms with van der Waals surface area (Å²) < 4.78 is 5.52. The molecule has 2 rings (SSSR count). The number of hydrogen-bond acceptors (Lipinski definition) is 2. The number of nitrogens with zero attached hydrogens (tertiary/aromatic N) is 1. The van der Waals surface area contributed by atoms with E-state index in [4.69, 9.17) is 16.3 Å². The summed E-state index contributed by atoms with van der Waals surface area (Å²) in [5.41, 5.74) is 0. The molecule has 0 unspecified atom stereocenters. The van der Waals surface area contributed by atoms with Gasteiger partial charge in [0.1, 0.15) is 5.75 Å². The van der Waals surface area contributed by atoms with Crippen LogP contribution in [-0.4, -0.2) is 30.0 Å². The van der Waals surface area contributed by atoms with Gasteiger partial charge in [0.25, 0.3) is 5.91 Å². The van der Waals surface area contributed by atoms with Crippen LogP contribution < -0.4 is 4.74 Å². The van der Waals surface area contributed by atoms with Gasteiger partial charge in [-0.2, -0.15) is 0 Å². The maximum Gasteiger partial charge on any atom is 0.260 e. The molecule has 0 atom stereocenters. The normalized spacial score (nSPS) is 15.5. The van der Waals surface area contributed by atoms with Gasteiger partial charge < -0.3 is 9.64 Å². The lowest BCUT2D eigenvalue weighted by atomic mass is 10.2. The first-order valence-corrected chi connectivity index (χ1v) is 7.27. The predicted molar refractivity (Wildman–Crippen MR) is 76.6 cm³/mol. The molecule has 0 bridgehead atoms. The standard InChI is InChI=1S/C15H20ClNO2/c1-2-17(12-7-3-4-8-12)15(18)11-19-14-10-6-5-9-13(14)16/h5-6,9-10,12H,2-4,7-8,11H2,1H3. The molecule has 3 nitrogen and oxygen atoms in total. The molecule has 19 heavy (non-hydrogen) atoms. The fraction of sp³-hybridized carbons (Fsp3) is 0.533. The largest absolute Gasteiger partial charge is 0.482 e. The number of hydrogen-bond donors (Lipinski definition) is 0. The fourth-order valence-corrected chi connectivity index (χ4v) is 2.83. The van der Waals surface area contributed by atoms with Gasteiger partial charge in [0.2, 0.25) is 0 Å². The highest BCUT2D eigenvalue weighted by atomic mass is 35.5. The summed E-state index contributed by atoms with van der Waals surface area (Å²) in [6.45, 7) is 2.83. The van der Waals surface area contributed by atoms with Crippen molar-refractivity contribution in [2.24, 2.45) is 0 Å². The molecule has 1 aromatic carbocycles. The summed E-state index contributed by atoms with van der Waals surface area (Å²) >= 11 is 6.00. The van der Waals surface area contributed by atoms with Gasteiger partial charge in [0, 0.05) is 12.6 Å². The third kappa shape index (κ3) is 3.63. The average molecular weight is 282 g/mol. The number of rotatable bonds is 5. The van der Waals surface area contributed by atoms with E-state index in [-0.39, 0.29) is 12.5 Å². The van der Waals surface area contributed by atoms with Crippen molar-refractivity contribution in [3.05, 3.63) is 29.3 Å². The summed E-state index contributed by atoms with van der Waals surface area (Å²) in [7, 11) is 0. The number of benzene rings is 1. The van der Waals surface area contributed by atoms with E-state index in [9.17, 15) is 4.79 Å². The van der Waals surface area contributed by atoms with Crippen LogP contribution in [0.15, 0.2) is 24.3 Å². The molecule has 1 fully saturated rings. The van der Waals surface area contributed by atoms with Crippen molar-refractivity contribution in [1.29, 1.82) is 0 Å². The smallest absolute Gasteiger partial charge is 0.260 e. The van der Waals surface area contributed by atoms with E-state index in [0.29, 0.717) is 16.8 Å². The minimum absolute atomic E-state index is 0.0503. The zero-order valence-electron chi connectivity index (χ0n) is 11.3. The molecular weight excluding hydrogens is 262 g/mol. The van der Waals surface area contributed by atoms with E-state index < -0.39 is 0 Å². The molecule has 104 valence electrons. The molecule has 1 aromatic rings. The van der Waals surface area contributed by atoms with Gasteiger partial charge in [-0.1, -0.05) is 36.6 Å². The first-order chi connectivity index (χ1) is 9.22. The molecule has 4 heteroatoms. The lowest BCUT2D eigenvalue weighted by molar-refractivity contribution is -0.135. The molecule has 0 N–H and O–H groups in total. The van der Waals surface area contributed by atoms with Gasteiger partial charge >= 0.3 is 0 Å². The SMILES string of the molecule is CCN(C(=O)COc1ccccc1Cl)C1CCCC1. The maximum atomic E-state index is 12.2. The Labute approximate surface area is 119 Å². The monoisotopic (exact) mass is 281 g/mol. The van der Waals surface area contributed by atoms with Gasteiger partial charge in [-0.05, 0) is 31.9 Å². The topological polar surface area (TPSA) is 29.5 Å². The summed E-state index contributed by atoms with van der Waals surface area (Å²) in [5, 5.41) is 0.541. The van der Waals surface area contributed by atoms with Gasteiger partial charge in [-0.3, -0.25) is 4.79 Å². The van der Waals surface area contributed by atoms with Gasteiger partial charge in [0.15, 0.2) is 6.61 Å². The molecule has 1 saturated carbocycles. The van der Waals surface area contributed by atoms with E-state index in [1.165, 1.54) is 12.8 Å². The van der Waals surface area contributed by atoms with Crippen LogP contribution in [0, 0.1) is 0 Å². The quantitative estimate of drug-likeness (QED) is 0.827. The second-order valence-corrected chi connectivity index (χ2v) is 5.24. The van der Waals surface area contributed by atoms with Crippen LogP contribution in [0.3, 0.4) is 0 Å². The zero-order valence-corrected chi connectivity index (χ0v) is 12.0. The minimum atomic E-state index is 0.0503. The van der Waals surface area contributed by atoms with Crippen LogP contribution in [0.25, 0.3) is 0 Å².